The van der Waals surface area contributed by atoms with Crippen molar-refractivity contribution in [2.45, 2.75) is 25.9 Å². The van der Waals surface area contributed by atoms with Crippen LogP contribution in [-0.4, -0.2) is 29.6 Å². The van der Waals surface area contributed by atoms with Gasteiger partial charge in [-0.1, -0.05) is 48.5 Å². The Hall–Kier alpha value is -3.08. The van der Waals surface area contributed by atoms with Crippen molar-refractivity contribution in [1.29, 1.82) is 0 Å². The largest absolute Gasteiger partial charge is 0.469 e. The minimum Gasteiger partial charge on any atom is -0.469 e. The lowest BCUT2D eigenvalue weighted by Crippen LogP contribution is -2.36. The van der Waals surface area contributed by atoms with Crippen molar-refractivity contribution >= 4 is 22.8 Å². The Labute approximate surface area is 152 Å². The van der Waals surface area contributed by atoms with Crippen LogP contribution in [0, 0.1) is 0 Å². The molecule has 3 aromatic rings. The number of amides is 1. The van der Waals surface area contributed by atoms with Crippen LogP contribution in [0.4, 0.5) is 0 Å². The van der Waals surface area contributed by atoms with E-state index in [1.54, 1.807) is 6.92 Å². The van der Waals surface area contributed by atoms with Crippen LogP contribution in [0.25, 0.3) is 22.2 Å². The van der Waals surface area contributed by atoms with E-state index in [4.69, 9.17) is 0 Å². The number of hydrogen-bond acceptors (Lipinski definition) is 3. The molecule has 1 amide bonds. The Morgan fingerprint density at radius 1 is 1.08 bits per heavy atom. The van der Waals surface area contributed by atoms with Crippen LogP contribution in [0.3, 0.4) is 0 Å². The second kappa shape index (κ2) is 7.87. The Morgan fingerprint density at radius 2 is 1.77 bits per heavy atom. The van der Waals surface area contributed by atoms with E-state index in [-0.39, 0.29) is 30.9 Å². The molecule has 1 heterocycles. The van der Waals surface area contributed by atoms with Crippen molar-refractivity contribution in [1.82, 2.24) is 9.88 Å². The predicted molar refractivity (Wildman–Crippen MR) is 102 cm³/mol. The SMILES string of the molecule is COC(=O)CC(C)NC(=O)Cn1c(-c2ccccc2)cc2ccccc21. The molecule has 1 aromatic heterocycles. The molecule has 5 heteroatoms. The molecule has 0 saturated carbocycles. The van der Waals surface area contributed by atoms with E-state index in [2.05, 4.69) is 16.1 Å². The maximum atomic E-state index is 12.5. The van der Waals surface area contributed by atoms with Crippen molar-refractivity contribution < 1.29 is 14.3 Å². The maximum absolute atomic E-state index is 12.5. The monoisotopic (exact) mass is 350 g/mol. The van der Waals surface area contributed by atoms with Crippen LogP contribution < -0.4 is 5.32 Å². The first-order valence-corrected chi connectivity index (χ1v) is 8.58. The van der Waals surface area contributed by atoms with Crippen LogP contribution in [0.1, 0.15) is 13.3 Å². The smallest absolute Gasteiger partial charge is 0.307 e. The lowest BCUT2D eigenvalue weighted by atomic mass is 10.1. The molecule has 0 aliphatic heterocycles. The quantitative estimate of drug-likeness (QED) is 0.693. The van der Waals surface area contributed by atoms with Crippen molar-refractivity contribution in [3.05, 3.63) is 60.7 Å². The van der Waals surface area contributed by atoms with Gasteiger partial charge >= 0.3 is 5.97 Å². The summed E-state index contributed by atoms with van der Waals surface area (Å²) >= 11 is 0. The standard InChI is InChI=1S/C21H22N2O3/c1-15(12-21(25)26-2)22-20(24)14-23-18-11-7-6-10-17(18)13-19(23)16-8-4-3-5-9-16/h3-11,13,15H,12,14H2,1-2H3,(H,22,24). The number of methoxy groups -OCH3 is 1. The summed E-state index contributed by atoms with van der Waals surface area (Å²) in [5, 5.41) is 3.95. The summed E-state index contributed by atoms with van der Waals surface area (Å²) in [6, 6.07) is 19.8. The van der Waals surface area contributed by atoms with Crippen LogP contribution in [-0.2, 0) is 20.9 Å². The number of nitrogens with zero attached hydrogens (tertiary/aromatic N) is 1. The highest BCUT2D eigenvalue weighted by Gasteiger charge is 2.16. The van der Waals surface area contributed by atoms with Crippen molar-refractivity contribution in [2.75, 3.05) is 7.11 Å². The summed E-state index contributed by atoms with van der Waals surface area (Å²) in [6.07, 6.45) is 0.153. The Balaban J connectivity index is 1.87. The molecular weight excluding hydrogens is 328 g/mol. The van der Waals surface area contributed by atoms with E-state index in [0.29, 0.717) is 0 Å². The van der Waals surface area contributed by atoms with Gasteiger partial charge in [0, 0.05) is 22.6 Å². The van der Waals surface area contributed by atoms with Gasteiger partial charge in [0.25, 0.3) is 0 Å². The van der Waals surface area contributed by atoms with Gasteiger partial charge in [0.1, 0.15) is 6.54 Å². The molecule has 134 valence electrons. The van der Waals surface area contributed by atoms with Crippen molar-refractivity contribution in [2.24, 2.45) is 0 Å². The molecule has 0 spiro atoms. The van der Waals surface area contributed by atoms with Crippen LogP contribution in [0.15, 0.2) is 60.7 Å². The number of fused-ring (bicyclic) bond motifs is 1. The first kappa shape index (κ1) is 17.7. The fourth-order valence-electron chi connectivity index (χ4n) is 3.08. The number of esters is 1. The van der Waals surface area contributed by atoms with Crippen LogP contribution >= 0.6 is 0 Å². The number of para-hydroxylation sites is 1. The van der Waals surface area contributed by atoms with Crippen molar-refractivity contribution in [3.8, 4) is 11.3 Å². The highest BCUT2D eigenvalue weighted by molar-refractivity contribution is 5.89. The number of rotatable bonds is 6. The summed E-state index contributed by atoms with van der Waals surface area (Å²) in [5.74, 6) is -0.478. The topological polar surface area (TPSA) is 60.3 Å². The summed E-state index contributed by atoms with van der Waals surface area (Å²) in [4.78, 5) is 23.9. The van der Waals surface area contributed by atoms with Gasteiger partial charge in [-0.2, -0.15) is 0 Å². The highest BCUT2D eigenvalue weighted by Crippen LogP contribution is 2.28. The zero-order valence-corrected chi connectivity index (χ0v) is 14.9. The lowest BCUT2D eigenvalue weighted by molar-refractivity contribution is -0.141. The maximum Gasteiger partial charge on any atom is 0.307 e. The molecule has 0 radical (unpaired) electrons. The third-order valence-electron chi connectivity index (χ3n) is 4.29. The Kier molecular flexibility index (Phi) is 5.37. The molecule has 0 saturated heterocycles. The van der Waals surface area contributed by atoms with Gasteiger partial charge in [-0.3, -0.25) is 9.59 Å². The third kappa shape index (κ3) is 3.94. The number of hydrogen-bond donors (Lipinski definition) is 1. The fraction of sp³-hybridized carbons (Fsp3) is 0.238. The van der Waals surface area contributed by atoms with Gasteiger partial charge in [0.2, 0.25) is 5.91 Å². The number of ether oxygens (including phenoxy) is 1. The molecular formula is C21H22N2O3. The zero-order chi connectivity index (χ0) is 18.5. The number of aromatic nitrogens is 1. The van der Waals surface area contributed by atoms with E-state index in [1.165, 1.54) is 7.11 Å². The molecule has 0 aliphatic rings. The zero-order valence-electron chi connectivity index (χ0n) is 14.9. The number of carbonyl (C=O) groups is 2. The number of nitrogens with one attached hydrogen (secondary N) is 1. The van der Waals surface area contributed by atoms with Gasteiger partial charge < -0.3 is 14.6 Å². The van der Waals surface area contributed by atoms with Gasteiger partial charge in [-0.25, -0.2) is 0 Å². The minimum atomic E-state index is -0.339. The number of benzene rings is 2. The lowest BCUT2D eigenvalue weighted by Gasteiger charge is -2.15. The van der Waals surface area contributed by atoms with E-state index in [1.807, 2.05) is 59.2 Å². The molecule has 2 aromatic carbocycles. The molecule has 0 aliphatic carbocycles. The van der Waals surface area contributed by atoms with Crippen LogP contribution in [0.5, 0.6) is 0 Å². The molecule has 1 N–H and O–H groups in total. The molecule has 0 fully saturated rings. The molecule has 0 bridgehead atoms. The number of carbonyl (C=O) groups excluding carboxylic acids is 2. The van der Waals surface area contributed by atoms with Crippen LogP contribution in [0.2, 0.25) is 0 Å². The first-order valence-electron chi connectivity index (χ1n) is 8.58. The average molecular weight is 350 g/mol. The van der Waals surface area contributed by atoms with E-state index in [9.17, 15) is 9.59 Å². The van der Waals surface area contributed by atoms with E-state index < -0.39 is 0 Å². The van der Waals surface area contributed by atoms with Gasteiger partial charge in [0.05, 0.1) is 13.5 Å². The fourth-order valence-corrected chi connectivity index (χ4v) is 3.08. The molecule has 1 atom stereocenters. The first-order chi connectivity index (χ1) is 12.6. The Bertz CT molecular complexity index is 915. The Morgan fingerprint density at radius 3 is 2.50 bits per heavy atom. The molecule has 5 nitrogen and oxygen atoms in total. The van der Waals surface area contributed by atoms with Gasteiger partial charge in [-0.15, -0.1) is 0 Å². The van der Waals surface area contributed by atoms with Crippen molar-refractivity contribution in [3.63, 3.8) is 0 Å². The second-order valence-corrected chi connectivity index (χ2v) is 6.29. The summed E-state index contributed by atoms with van der Waals surface area (Å²) in [7, 11) is 1.34. The second-order valence-electron chi connectivity index (χ2n) is 6.29. The molecule has 26 heavy (non-hydrogen) atoms. The van der Waals surface area contributed by atoms with Gasteiger partial charge in [0.15, 0.2) is 0 Å². The van der Waals surface area contributed by atoms with E-state index >= 15 is 0 Å². The summed E-state index contributed by atoms with van der Waals surface area (Å²) in [6.45, 7) is 1.98. The highest BCUT2D eigenvalue weighted by atomic mass is 16.5. The normalized spacial score (nSPS) is 11.9. The van der Waals surface area contributed by atoms with Gasteiger partial charge in [-0.05, 0) is 24.6 Å². The molecule has 1 unspecified atom stereocenters. The van der Waals surface area contributed by atoms with E-state index in [0.717, 1.165) is 22.2 Å². The summed E-state index contributed by atoms with van der Waals surface area (Å²) < 4.78 is 6.65. The molecule has 3 rings (SSSR count). The average Bonchev–Trinajstić information content (AvgIpc) is 3.00. The predicted octanol–water partition coefficient (Wildman–Crippen LogP) is 3.38. The summed E-state index contributed by atoms with van der Waals surface area (Å²) in [5.41, 5.74) is 3.05. The third-order valence-corrected chi connectivity index (χ3v) is 4.29. The minimum absolute atomic E-state index is 0.139.